The number of rotatable bonds is 3. The molecule has 2 rings (SSSR count). The molecule has 1 heterocycles. The van der Waals surface area contributed by atoms with Crippen LogP contribution in [0.25, 0.3) is 0 Å². The third kappa shape index (κ3) is 2.26. The number of nitrogens with zero attached hydrogens (tertiary/aromatic N) is 1. The molecule has 1 aliphatic carbocycles. The van der Waals surface area contributed by atoms with E-state index in [1.807, 2.05) is 19.1 Å². The average Bonchev–Trinajstić information content (AvgIpc) is 3.03. The monoisotopic (exact) mass is 206 g/mol. The Bertz CT molecular complexity index is 386. The van der Waals surface area contributed by atoms with Crippen LogP contribution in [0.4, 0.5) is 0 Å². The highest BCUT2D eigenvalue weighted by Gasteiger charge is 2.26. The first kappa shape index (κ1) is 9.96. The largest absolute Gasteiger partial charge is 0.488 e. The highest BCUT2D eigenvalue weighted by Crippen LogP contribution is 2.28. The van der Waals surface area contributed by atoms with Gasteiger partial charge in [-0.3, -0.25) is 4.79 Å². The van der Waals surface area contributed by atoms with Gasteiger partial charge in [-0.05, 0) is 31.9 Å². The molecule has 1 aliphatic rings. The molecule has 4 nitrogen and oxygen atoms in total. The van der Waals surface area contributed by atoms with Crippen molar-refractivity contribution in [3.8, 4) is 5.75 Å². The number of hydrogen-bond donors (Lipinski definition) is 1. The van der Waals surface area contributed by atoms with Gasteiger partial charge in [0, 0.05) is 12.7 Å². The Balaban J connectivity index is 2.29. The maximum atomic E-state index is 11.5. The second kappa shape index (κ2) is 3.88. The van der Waals surface area contributed by atoms with Crippen LogP contribution in [0.1, 0.15) is 29.0 Å². The van der Waals surface area contributed by atoms with Crippen molar-refractivity contribution in [3.63, 3.8) is 0 Å². The zero-order valence-corrected chi connectivity index (χ0v) is 8.91. The van der Waals surface area contributed by atoms with Crippen LogP contribution in [-0.4, -0.2) is 24.0 Å². The fourth-order valence-corrected chi connectivity index (χ4v) is 1.29. The fraction of sp³-hybridized carbons (Fsp3) is 0.455. The summed E-state index contributed by atoms with van der Waals surface area (Å²) in [6.45, 7) is 1.85. The van der Waals surface area contributed by atoms with E-state index < -0.39 is 0 Å². The standard InChI is InChI=1S/C11H14N2O2/c1-7-3-6-9(15-8-4-5-8)10(13-7)11(14)12-2/h3,6,8H,4-5H2,1-2H3,(H,12,14). The van der Waals surface area contributed by atoms with Crippen molar-refractivity contribution in [2.45, 2.75) is 25.9 Å². The number of carbonyl (C=O) groups is 1. The van der Waals surface area contributed by atoms with Crippen molar-refractivity contribution >= 4 is 5.91 Å². The molecular weight excluding hydrogens is 192 g/mol. The third-order valence-corrected chi connectivity index (χ3v) is 2.26. The summed E-state index contributed by atoms with van der Waals surface area (Å²) < 4.78 is 5.61. The van der Waals surface area contributed by atoms with Crippen molar-refractivity contribution in [1.29, 1.82) is 0 Å². The lowest BCUT2D eigenvalue weighted by molar-refractivity contribution is 0.0953. The number of hydrogen-bond acceptors (Lipinski definition) is 3. The molecule has 15 heavy (non-hydrogen) atoms. The summed E-state index contributed by atoms with van der Waals surface area (Å²) in [7, 11) is 1.59. The average molecular weight is 206 g/mol. The van der Waals surface area contributed by atoms with Crippen LogP contribution >= 0.6 is 0 Å². The van der Waals surface area contributed by atoms with Gasteiger partial charge in [0.25, 0.3) is 5.91 Å². The van der Waals surface area contributed by atoms with Gasteiger partial charge in [0.15, 0.2) is 11.4 Å². The molecular formula is C11H14N2O2. The summed E-state index contributed by atoms with van der Waals surface area (Å²) in [5.74, 6) is 0.386. The quantitative estimate of drug-likeness (QED) is 0.810. The summed E-state index contributed by atoms with van der Waals surface area (Å²) in [5.41, 5.74) is 1.20. The number of pyridine rings is 1. The number of aromatic nitrogens is 1. The van der Waals surface area contributed by atoms with E-state index in [1.165, 1.54) is 0 Å². The van der Waals surface area contributed by atoms with E-state index in [1.54, 1.807) is 7.05 Å². The molecule has 1 aromatic heterocycles. The molecule has 1 saturated carbocycles. The smallest absolute Gasteiger partial charge is 0.273 e. The van der Waals surface area contributed by atoms with Gasteiger partial charge in [0.05, 0.1) is 6.10 Å². The second-order valence-corrected chi connectivity index (χ2v) is 3.70. The summed E-state index contributed by atoms with van der Waals surface area (Å²) in [6.07, 6.45) is 2.42. The van der Waals surface area contributed by atoms with Crippen LogP contribution < -0.4 is 10.1 Å². The van der Waals surface area contributed by atoms with Crippen molar-refractivity contribution in [2.24, 2.45) is 0 Å². The van der Waals surface area contributed by atoms with Gasteiger partial charge in [-0.2, -0.15) is 0 Å². The second-order valence-electron chi connectivity index (χ2n) is 3.70. The lowest BCUT2D eigenvalue weighted by Gasteiger charge is -2.09. The van der Waals surface area contributed by atoms with Crippen LogP contribution in [0.2, 0.25) is 0 Å². The molecule has 0 saturated heterocycles. The molecule has 1 amide bonds. The van der Waals surface area contributed by atoms with E-state index in [9.17, 15) is 4.79 Å². The van der Waals surface area contributed by atoms with Crippen LogP contribution in [-0.2, 0) is 0 Å². The molecule has 80 valence electrons. The Morgan fingerprint density at radius 2 is 2.27 bits per heavy atom. The molecule has 0 aliphatic heterocycles. The molecule has 0 unspecified atom stereocenters. The molecule has 4 heteroatoms. The zero-order chi connectivity index (χ0) is 10.8. The highest BCUT2D eigenvalue weighted by atomic mass is 16.5. The van der Waals surface area contributed by atoms with E-state index >= 15 is 0 Å². The van der Waals surface area contributed by atoms with E-state index in [2.05, 4.69) is 10.3 Å². The van der Waals surface area contributed by atoms with Crippen LogP contribution in [0.3, 0.4) is 0 Å². The zero-order valence-electron chi connectivity index (χ0n) is 8.91. The molecule has 0 atom stereocenters. The van der Waals surface area contributed by atoms with Crippen molar-refractivity contribution in [2.75, 3.05) is 7.05 Å². The summed E-state index contributed by atoms with van der Waals surface area (Å²) in [4.78, 5) is 15.7. The molecule has 1 fully saturated rings. The van der Waals surface area contributed by atoms with E-state index in [-0.39, 0.29) is 12.0 Å². The van der Waals surface area contributed by atoms with Gasteiger partial charge in [-0.15, -0.1) is 0 Å². The van der Waals surface area contributed by atoms with Crippen molar-refractivity contribution in [1.82, 2.24) is 10.3 Å². The Labute approximate surface area is 88.7 Å². The van der Waals surface area contributed by atoms with Gasteiger partial charge in [-0.25, -0.2) is 4.98 Å². The lowest BCUT2D eigenvalue weighted by atomic mass is 10.2. The minimum absolute atomic E-state index is 0.200. The molecule has 0 bridgehead atoms. The predicted octanol–water partition coefficient (Wildman–Crippen LogP) is 1.29. The van der Waals surface area contributed by atoms with Gasteiger partial charge in [0.1, 0.15) is 0 Å². The maximum absolute atomic E-state index is 11.5. The van der Waals surface area contributed by atoms with Crippen molar-refractivity contribution in [3.05, 3.63) is 23.5 Å². The number of carbonyl (C=O) groups excluding carboxylic acids is 1. The highest BCUT2D eigenvalue weighted by molar-refractivity contribution is 5.94. The Kier molecular flexibility index (Phi) is 2.58. The normalized spacial score (nSPS) is 14.8. The Morgan fingerprint density at radius 1 is 1.53 bits per heavy atom. The number of amides is 1. The van der Waals surface area contributed by atoms with Gasteiger partial charge in [0.2, 0.25) is 0 Å². The SMILES string of the molecule is CNC(=O)c1nc(C)ccc1OC1CC1. The van der Waals surface area contributed by atoms with Gasteiger partial charge in [-0.1, -0.05) is 0 Å². The van der Waals surface area contributed by atoms with E-state index in [0.717, 1.165) is 18.5 Å². The minimum Gasteiger partial charge on any atom is -0.488 e. The van der Waals surface area contributed by atoms with E-state index in [4.69, 9.17) is 4.74 Å². The van der Waals surface area contributed by atoms with E-state index in [0.29, 0.717) is 11.4 Å². The first-order valence-corrected chi connectivity index (χ1v) is 5.07. The fourth-order valence-electron chi connectivity index (χ4n) is 1.29. The number of nitrogens with one attached hydrogen (secondary N) is 1. The molecule has 0 spiro atoms. The van der Waals surface area contributed by atoms with Crippen LogP contribution in [0, 0.1) is 6.92 Å². The first-order valence-electron chi connectivity index (χ1n) is 5.07. The molecule has 0 radical (unpaired) electrons. The van der Waals surface area contributed by atoms with Crippen molar-refractivity contribution < 1.29 is 9.53 Å². The first-order chi connectivity index (χ1) is 7.20. The summed E-state index contributed by atoms with van der Waals surface area (Å²) in [5, 5.41) is 2.56. The molecule has 1 aromatic rings. The number of aryl methyl sites for hydroxylation is 1. The van der Waals surface area contributed by atoms with Gasteiger partial charge >= 0.3 is 0 Å². The lowest BCUT2D eigenvalue weighted by Crippen LogP contribution is -2.21. The Hall–Kier alpha value is -1.58. The summed E-state index contributed by atoms with van der Waals surface area (Å²) >= 11 is 0. The summed E-state index contributed by atoms with van der Waals surface area (Å²) in [6, 6.07) is 3.66. The Morgan fingerprint density at radius 3 is 2.87 bits per heavy atom. The topological polar surface area (TPSA) is 51.2 Å². The van der Waals surface area contributed by atoms with Gasteiger partial charge < -0.3 is 10.1 Å². The van der Waals surface area contributed by atoms with Crippen LogP contribution in [0.5, 0.6) is 5.75 Å². The maximum Gasteiger partial charge on any atom is 0.273 e. The molecule has 1 N–H and O–H groups in total. The number of ether oxygens (including phenoxy) is 1. The van der Waals surface area contributed by atoms with Crippen LogP contribution in [0.15, 0.2) is 12.1 Å². The molecule has 0 aromatic carbocycles. The third-order valence-electron chi connectivity index (χ3n) is 2.26. The predicted molar refractivity (Wildman–Crippen MR) is 56.0 cm³/mol. The minimum atomic E-state index is -0.200.